The van der Waals surface area contributed by atoms with Crippen LogP contribution < -0.4 is 0 Å². The third-order valence-corrected chi connectivity index (χ3v) is 7.97. The number of rotatable bonds is 9. The van der Waals surface area contributed by atoms with Gasteiger partial charge < -0.3 is 4.74 Å². The predicted octanol–water partition coefficient (Wildman–Crippen LogP) is 6.83. The zero-order valence-electron chi connectivity index (χ0n) is 18.0. The Kier molecular flexibility index (Phi) is 6.04. The van der Waals surface area contributed by atoms with Gasteiger partial charge in [0.15, 0.2) is 6.61 Å². The van der Waals surface area contributed by atoms with Crippen molar-refractivity contribution in [1.82, 2.24) is 0 Å². The fraction of sp³-hybridized carbons (Fsp3) is 0.947. The standard InChI is InChI=1S/C19H17F15O2/c1-6-8-3-9-10(6)15(9,7(8)2)11(35)36-5-14(24,25)12(20,21)4-13(22,23)16(26,27)17(28,29)18(30,31)19(32,33)34/h6-10H,3-5H2,1-2H3. The van der Waals surface area contributed by atoms with Gasteiger partial charge >= 0.3 is 47.7 Å². The lowest BCUT2D eigenvalue weighted by Gasteiger charge is -2.39. The van der Waals surface area contributed by atoms with Crippen molar-refractivity contribution in [3.05, 3.63) is 0 Å². The largest absolute Gasteiger partial charge is 0.460 e. The van der Waals surface area contributed by atoms with Crippen LogP contribution in [0.5, 0.6) is 0 Å². The van der Waals surface area contributed by atoms with Crippen LogP contribution in [-0.2, 0) is 9.53 Å². The summed E-state index contributed by atoms with van der Waals surface area (Å²) in [5, 5.41) is 0. The average Bonchev–Trinajstić information content (AvgIpc) is 2.98. The van der Waals surface area contributed by atoms with Gasteiger partial charge in [0, 0.05) is 0 Å². The minimum atomic E-state index is -8.02. The Balaban J connectivity index is 1.75. The SMILES string of the molecule is CC1C2CC3C1C3(C(=O)OCC(F)(F)C(F)(F)CC(F)(F)C(F)(F)C(F)(F)C(F)(F)C(F)(F)F)C2C. The molecule has 4 aliphatic carbocycles. The maximum atomic E-state index is 14.0. The fourth-order valence-corrected chi connectivity index (χ4v) is 6.07. The van der Waals surface area contributed by atoms with Crippen LogP contribution in [-0.4, -0.2) is 54.3 Å². The molecule has 4 aliphatic rings. The number of hydrogen-bond acceptors (Lipinski definition) is 2. The van der Waals surface area contributed by atoms with E-state index >= 15 is 0 Å². The molecule has 0 radical (unpaired) electrons. The molecule has 0 aromatic carbocycles. The highest BCUT2D eigenvalue weighted by Crippen LogP contribution is 2.83. The van der Waals surface area contributed by atoms with Gasteiger partial charge in [0.05, 0.1) is 11.8 Å². The molecule has 17 heteroatoms. The van der Waals surface area contributed by atoms with Gasteiger partial charge in [-0.1, -0.05) is 13.8 Å². The molecule has 210 valence electrons. The molecule has 0 N–H and O–H groups in total. The predicted molar refractivity (Wildman–Crippen MR) is 87.2 cm³/mol. The van der Waals surface area contributed by atoms with Crippen molar-refractivity contribution in [3.63, 3.8) is 0 Å². The van der Waals surface area contributed by atoms with E-state index in [1.165, 1.54) is 0 Å². The van der Waals surface area contributed by atoms with Gasteiger partial charge in [-0.2, -0.15) is 65.9 Å². The van der Waals surface area contributed by atoms with E-state index in [0.717, 1.165) is 0 Å². The molecule has 4 saturated carbocycles. The number of halogens is 15. The summed E-state index contributed by atoms with van der Waals surface area (Å²) >= 11 is 0. The van der Waals surface area contributed by atoms with Gasteiger partial charge in [0.1, 0.15) is 0 Å². The van der Waals surface area contributed by atoms with Crippen LogP contribution in [0.4, 0.5) is 65.9 Å². The van der Waals surface area contributed by atoms with Crippen LogP contribution in [0, 0.1) is 35.0 Å². The maximum absolute atomic E-state index is 14.0. The Morgan fingerprint density at radius 1 is 0.750 bits per heavy atom. The van der Waals surface area contributed by atoms with Crippen LogP contribution in [0.15, 0.2) is 0 Å². The minimum Gasteiger partial charge on any atom is -0.459 e. The van der Waals surface area contributed by atoms with Crippen molar-refractivity contribution in [2.24, 2.45) is 35.0 Å². The van der Waals surface area contributed by atoms with E-state index in [1.54, 1.807) is 13.8 Å². The molecule has 0 heterocycles. The molecule has 0 spiro atoms. The fourth-order valence-electron chi connectivity index (χ4n) is 6.07. The van der Waals surface area contributed by atoms with Gasteiger partial charge in [-0.25, -0.2) is 0 Å². The summed E-state index contributed by atoms with van der Waals surface area (Å²) in [5.41, 5.74) is -1.28. The van der Waals surface area contributed by atoms with Crippen molar-refractivity contribution >= 4 is 5.97 Å². The Morgan fingerprint density at radius 3 is 1.61 bits per heavy atom. The summed E-state index contributed by atoms with van der Waals surface area (Å²) in [4.78, 5) is 12.4. The summed E-state index contributed by atoms with van der Waals surface area (Å²) in [6.07, 6.45) is -11.3. The molecular formula is C19H17F15O2. The molecule has 4 bridgehead atoms. The normalized spacial score (nSPS) is 33.2. The van der Waals surface area contributed by atoms with Gasteiger partial charge in [-0.05, 0) is 36.0 Å². The first-order valence-electron chi connectivity index (χ1n) is 10.3. The van der Waals surface area contributed by atoms with E-state index in [1.807, 2.05) is 0 Å². The van der Waals surface area contributed by atoms with E-state index in [2.05, 4.69) is 4.74 Å². The number of hydrogen-bond donors (Lipinski definition) is 0. The lowest BCUT2D eigenvalue weighted by atomic mass is 9.90. The molecular weight excluding hydrogens is 545 g/mol. The Bertz CT molecular complexity index is 907. The topological polar surface area (TPSA) is 26.3 Å². The molecule has 36 heavy (non-hydrogen) atoms. The van der Waals surface area contributed by atoms with Crippen molar-refractivity contribution in [1.29, 1.82) is 0 Å². The van der Waals surface area contributed by atoms with Gasteiger partial charge in [0.25, 0.3) is 0 Å². The average molecular weight is 562 g/mol. The molecule has 6 atom stereocenters. The molecule has 0 aromatic rings. The summed E-state index contributed by atoms with van der Waals surface area (Å²) in [6.45, 7) is 0.682. The molecule has 0 saturated heterocycles. The van der Waals surface area contributed by atoms with Crippen LogP contribution in [0.3, 0.4) is 0 Å². The summed E-state index contributed by atoms with van der Waals surface area (Å²) in [5.74, 6) is -45.7. The summed E-state index contributed by atoms with van der Waals surface area (Å²) in [6, 6.07) is 0. The number of carbonyl (C=O) groups excluding carboxylic acids is 1. The third kappa shape index (κ3) is 3.37. The minimum absolute atomic E-state index is 0.00641. The second-order valence-corrected chi connectivity index (χ2v) is 9.70. The summed E-state index contributed by atoms with van der Waals surface area (Å²) < 4.78 is 202. The molecule has 2 nitrogen and oxygen atoms in total. The zero-order valence-corrected chi connectivity index (χ0v) is 18.0. The Hall–Kier alpha value is -1.58. The second kappa shape index (κ2) is 7.50. The molecule has 4 rings (SSSR count). The number of alkyl halides is 15. The first-order valence-corrected chi connectivity index (χ1v) is 10.3. The molecule has 6 unspecified atom stereocenters. The maximum Gasteiger partial charge on any atom is 0.460 e. The second-order valence-electron chi connectivity index (χ2n) is 9.70. The first-order chi connectivity index (χ1) is 15.8. The van der Waals surface area contributed by atoms with Crippen LogP contribution in [0.25, 0.3) is 0 Å². The van der Waals surface area contributed by atoms with E-state index in [4.69, 9.17) is 0 Å². The van der Waals surface area contributed by atoms with E-state index in [-0.39, 0.29) is 23.7 Å². The highest BCUT2D eigenvalue weighted by atomic mass is 19.4. The van der Waals surface area contributed by atoms with Crippen LogP contribution >= 0.6 is 0 Å². The smallest absolute Gasteiger partial charge is 0.459 e. The van der Waals surface area contributed by atoms with Gasteiger partial charge in [-0.3, -0.25) is 4.79 Å². The Morgan fingerprint density at radius 2 is 1.25 bits per heavy atom. The monoisotopic (exact) mass is 562 g/mol. The van der Waals surface area contributed by atoms with E-state index in [0.29, 0.717) is 6.42 Å². The van der Waals surface area contributed by atoms with Gasteiger partial charge in [0.2, 0.25) is 0 Å². The number of esters is 1. The highest BCUT2D eigenvalue weighted by Gasteiger charge is 2.88. The number of carbonyl (C=O) groups is 1. The van der Waals surface area contributed by atoms with Crippen LogP contribution in [0.1, 0.15) is 26.7 Å². The lowest BCUT2D eigenvalue weighted by Crippen LogP contribution is -2.67. The van der Waals surface area contributed by atoms with Crippen molar-refractivity contribution in [2.45, 2.75) is 68.4 Å². The zero-order chi connectivity index (χ0) is 28.3. The molecule has 4 fully saturated rings. The number of ether oxygens (including phenoxy) is 1. The van der Waals surface area contributed by atoms with E-state index in [9.17, 15) is 70.7 Å². The third-order valence-electron chi connectivity index (χ3n) is 7.97. The van der Waals surface area contributed by atoms with E-state index < -0.39 is 72.0 Å². The first kappa shape index (κ1) is 29.0. The molecule has 0 aliphatic heterocycles. The van der Waals surface area contributed by atoms with Crippen molar-refractivity contribution in [2.75, 3.05) is 6.61 Å². The van der Waals surface area contributed by atoms with Crippen molar-refractivity contribution < 1.29 is 75.4 Å². The summed E-state index contributed by atoms with van der Waals surface area (Å²) in [7, 11) is 0. The highest BCUT2D eigenvalue weighted by molar-refractivity contribution is 5.84. The van der Waals surface area contributed by atoms with Gasteiger partial charge in [-0.15, -0.1) is 0 Å². The molecule has 0 amide bonds. The van der Waals surface area contributed by atoms with Crippen LogP contribution in [0.2, 0.25) is 0 Å². The quantitative estimate of drug-likeness (QED) is 0.228. The molecule has 0 aromatic heterocycles. The lowest BCUT2D eigenvalue weighted by molar-refractivity contribution is -0.427. The van der Waals surface area contributed by atoms with Crippen molar-refractivity contribution in [3.8, 4) is 0 Å². The Labute approximate surface area is 192 Å².